The molecular weight excluding hydrogens is 296 g/mol. The van der Waals surface area contributed by atoms with E-state index in [1.54, 1.807) is 13.8 Å². The molecule has 0 saturated heterocycles. The Morgan fingerprint density at radius 1 is 1.14 bits per heavy atom. The van der Waals surface area contributed by atoms with Crippen LogP contribution in [-0.2, 0) is 14.4 Å². The summed E-state index contributed by atoms with van der Waals surface area (Å²) >= 11 is 3.98. The molecule has 4 atom stereocenters. The lowest BCUT2D eigenvalue weighted by Gasteiger charge is -2.24. The zero-order chi connectivity index (χ0) is 16.7. The number of amides is 3. The van der Waals surface area contributed by atoms with E-state index in [4.69, 9.17) is 11.5 Å². The third kappa shape index (κ3) is 6.32. The predicted octanol–water partition coefficient (Wildman–Crippen LogP) is -2.26. The number of thiol groups is 1. The molecule has 0 saturated carbocycles. The van der Waals surface area contributed by atoms with Crippen LogP contribution in [0, 0.1) is 5.92 Å². The Kier molecular flexibility index (Phi) is 8.30. The van der Waals surface area contributed by atoms with E-state index in [0.717, 1.165) is 0 Å². The molecule has 0 radical (unpaired) electrons. The Morgan fingerprint density at radius 3 is 2.00 bits per heavy atom. The lowest BCUT2D eigenvalue weighted by atomic mass is 10.0. The minimum atomic E-state index is -1.24. The van der Waals surface area contributed by atoms with E-state index in [2.05, 4.69) is 23.3 Å². The molecule has 0 aromatic rings. The molecule has 0 fully saturated rings. The highest BCUT2D eigenvalue weighted by molar-refractivity contribution is 7.80. The van der Waals surface area contributed by atoms with Crippen molar-refractivity contribution in [3.63, 3.8) is 0 Å². The van der Waals surface area contributed by atoms with Crippen LogP contribution >= 0.6 is 12.6 Å². The average Bonchev–Trinajstić information content (AvgIpc) is 2.39. The minimum Gasteiger partial charge on any atom is -0.391 e. The van der Waals surface area contributed by atoms with Gasteiger partial charge in [0.2, 0.25) is 17.7 Å². The van der Waals surface area contributed by atoms with Gasteiger partial charge in [0.15, 0.2) is 0 Å². The number of hydrogen-bond donors (Lipinski definition) is 6. The van der Waals surface area contributed by atoms with Gasteiger partial charge in [0.1, 0.15) is 12.1 Å². The van der Waals surface area contributed by atoms with E-state index in [9.17, 15) is 19.5 Å². The van der Waals surface area contributed by atoms with Crippen LogP contribution in [0.4, 0.5) is 0 Å². The van der Waals surface area contributed by atoms with Crippen molar-refractivity contribution < 1.29 is 19.5 Å². The standard InChI is InChI=1S/C12H24N4O4S/c1-5(2)8(13)12(20)15-7(4-21)11(19)16-9(6(3)17)10(14)18/h5-9,17,21H,4,13H2,1-3H3,(H2,14,18)(H,15,20)(H,16,19). The van der Waals surface area contributed by atoms with Crippen LogP contribution < -0.4 is 22.1 Å². The second-order valence-electron chi connectivity index (χ2n) is 5.14. The first-order valence-electron chi connectivity index (χ1n) is 6.56. The third-order valence-electron chi connectivity index (χ3n) is 2.92. The van der Waals surface area contributed by atoms with Crippen molar-refractivity contribution in [1.82, 2.24) is 10.6 Å². The Hall–Kier alpha value is -1.32. The summed E-state index contributed by atoms with van der Waals surface area (Å²) in [5, 5.41) is 14.1. The maximum Gasteiger partial charge on any atom is 0.244 e. The monoisotopic (exact) mass is 320 g/mol. The number of nitrogens with one attached hydrogen (secondary N) is 2. The minimum absolute atomic E-state index is 0.00762. The van der Waals surface area contributed by atoms with Gasteiger partial charge in [-0.25, -0.2) is 0 Å². The first-order valence-corrected chi connectivity index (χ1v) is 7.19. The number of rotatable bonds is 8. The fourth-order valence-electron chi connectivity index (χ4n) is 1.45. The Morgan fingerprint density at radius 2 is 1.67 bits per heavy atom. The van der Waals surface area contributed by atoms with Crippen molar-refractivity contribution in [3.8, 4) is 0 Å². The lowest BCUT2D eigenvalue weighted by Crippen LogP contribution is -2.58. The van der Waals surface area contributed by atoms with Crippen molar-refractivity contribution in [1.29, 1.82) is 0 Å². The molecule has 8 nitrogen and oxygen atoms in total. The smallest absolute Gasteiger partial charge is 0.244 e. The molecule has 122 valence electrons. The number of primary amides is 1. The summed E-state index contributed by atoms with van der Waals surface area (Å²) in [5.74, 6) is -2.12. The summed E-state index contributed by atoms with van der Waals surface area (Å²) in [6, 6.07) is -2.98. The molecule has 0 spiro atoms. The van der Waals surface area contributed by atoms with Crippen LogP contribution in [0.3, 0.4) is 0 Å². The van der Waals surface area contributed by atoms with Crippen molar-refractivity contribution in [2.24, 2.45) is 17.4 Å². The highest BCUT2D eigenvalue weighted by atomic mass is 32.1. The molecule has 9 heteroatoms. The molecule has 0 bridgehead atoms. The molecule has 0 aliphatic heterocycles. The molecule has 0 aromatic heterocycles. The molecule has 21 heavy (non-hydrogen) atoms. The van der Waals surface area contributed by atoms with E-state index >= 15 is 0 Å². The summed E-state index contributed by atoms with van der Waals surface area (Å²) in [5.41, 5.74) is 10.8. The van der Waals surface area contributed by atoms with Gasteiger partial charge in [-0.1, -0.05) is 13.8 Å². The molecule has 3 amide bonds. The van der Waals surface area contributed by atoms with Crippen molar-refractivity contribution >= 4 is 30.4 Å². The Balaban J connectivity index is 4.76. The van der Waals surface area contributed by atoms with Crippen molar-refractivity contribution in [2.45, 2.75) is 45.0 Å². The van der Waals surface area contributed by atoms with E-state index in [1.165, 1.54) is 6.92 Å². The number of aliphatic hydroxyl groups excluding tert-OH is 1. The van der Waals surface area contributed by atoms with Crippen LogP contribution in [0.25, 0.3) is 0 Å². The quantitative estimate of drug-likeness (QED) is 0.279. The zero-order valence-corrected chi connectivity index (χ0v) is 13.3. The maximum absolute atomic E-state index is 12.0. The fraction of sp³-hybridized carbons (Fsp3) is 0.750. The van der Waals surface area contributed by atoms with E-state index in [1.807, 2.05) is 0 Å². The molecule has 0 aliphatic carbocycles. The van der Waals surface area contributed by atoms with Crippen LogP contribution in [0.15, 0.2) is 0 Å². The molecule has 0 aromatic carbocycles. The first kappa shape index (κ1) is 19.7. The van der Waals surface area contributed by atoms with Gasteiger partial charge in [-0.2, -0.15) is 12.6 Å². The summed E-state index contributed by atoms with van der Waals surface area (Å²) in [7, 11) is 0. The largest absolute Gasteiger partial charge is 0.391 e. The molecule has 0 aliphatic rings. The van der Waals surface area contributed by atoms with Gasteiger partial charge in [0.05, 0.1) is 12.1 Å². The van der Waals surface area contributed by atoms with Crippen molar-refractivity contribution in [3.05, 3.63) is 0 Å². The summed E-state index contributed by atoms with van der Waals surface area (Å²) in [6.07, 6.45) is -1.15. The van der Waals surface area contributed by atoms with Crippen molar-refractivity contribution in [2.75, 3.05) is 5.75 Å². The maximum atomic E-state index is 12.0. The number of aliphatic hydroxyl groups is 1. The summed E-state index contributed by atoms with van der Waals surface area (Å²) in [4.78, 5) is 34.9. The van der Waals surface area contributed by atoms with E-state index in [-0.39, 0.29) is 11.7 Å². The zero-order valence-electron chi connectivity index (χ0n) is 12.4. The van der Waals surface area contributed by atoms with Gasteiger partial charge in [-0.3, -0.25) is 14.4 Å². The summed E-state index contributed by atoms with van der Waals surface area (Å²) in [6.45, 7) is 4.87. The molecule has 0 heterocycles. The van der Waals surface area contributed by atoms with Crippen LogP contribution in [0.5, 0.6) is 0 Å². The van der Waals surface area contributed by atoms with Crippen LogP contribution in [0.1, 0.15) is 20.8 Å². The van der Waals surface area contributed by atoms with Gasteiger partial charge < -0.3 is 27.2 Å². The number of carbonyl (C=O) groups excluding carboxylic acids is 3. The van der Waals surface area contributed by atoms with E-state index in [0.29, 0.717) is 0 Å². The Bertz CT molecular complexity index is 389. The number of hydrogen-bond acceptors (Lipinski definition) is 6. The molecular formula is C12H24N4O4S. The first-order chi connectivity index (χ1) is 9.61. The number of nitrogens with two attached hydrogens (primary N) is 2. The summed E-state index contributed by atoms with van der Waals surface area (Å²) < 4.78 is 0. The molecule has 4 unspecified atom stereocenters. The second kappa shape index (κ2) is 8.85. The second-order valence-corrected chi connectivity index (χ2v) is 5.51. The highest BCUT2D eigenvalue weighted by Gasteiger charge is 2.29. The van der Waals surface area contributed by atoms with Gasteiger partial charge in [-0.05, 0) is 12.8 Å². The van der Waals surface area contributed by atoms with Crippen LogP contribution in [-0.4, -0.2) is 52.8 Å². The molecule has 0 rings (SSSR count). The SMILES string of the molecule is CC(C)C(N)C(=O)NC(CS)C(=O)NC(C(N)=O)C(C)O. The van der Waals surface area contributed by atoms with Gasteiger partial charge in [-0.15, -0.1) is 0 Å². The normalized spacial score (nSPS) is 16.7. The topological polar surface area (TPSA) is 148 Å². The van der Waals surface area contributed by atoms with E-state index < -0.39 is 42.0 Å². The highest BCUT2D eigenvalue weighted by Crippen LogP contribution is 2.00. The van der Waals surface area contributed by atoms with Gasteiger partial charge >= 0.3 is 0 Å². The third-order valence-corrected chi connectivity index (χ3v) is 3.29. The Labute approximate surface area is 129 Å². The predicted molar refractivity (Wildman–Crippen MR) is 81.4 cm³/mol. The molecule has 7 N–H and O–H groups in total. The lowest BCUT2D eigenvalue weighted by molar-refractivity contribution is -0.132. The fourth-order valence-corrected chi connectivity index (χ4v) is 1.71. The number of carbonyl (C=O) groups is 3. The van der Waals surface area contributed by atoms with Gasteiger partial charge in [0.25, 0.3) is 0 Å². The van der Waals surface area contributed by atoms with Crippen LogP contribution in [0.2, 0.25) is 0 Å². The van der Waals surface area contributed by atoms with Gasteiger partial charge in [0, 0.05) is 5.75 Å². The average molecular weight is 320 g/mol.